The minimum atomic E-state index is -4.73. The number of hydrogen-bond acceptors (Lipinski definition) is 8. The first-order valence-electron chi connectivity index (χ1n) is 20.9. The molecule has 4 N–H and O–H groups in total. The summed E-state index contributed by atoms with van der Waals surface area (Å²) >= 11 is 0. The summed E-state index contributed by atoms with van der Waals surface area (Å²) in [5, 5.41) is 25.6. The summed E-state index contributed by atoms with van der Waals surface area (Å²) in [6.07, 6.45) is 0.611. The number of hydrogen-bond donors (Lipinski definition) is 4. The topological polar surface area (TPSA) is 166 Å². The summed E-state index contributed by atoms with van der Waals surface area (Å²) in [6.45, 7) is 20.4. The molecule has 6 heterocycles. The number of aryl methyl sites for hydroxylation is 2. The monoisotopic (exact) mass is 986 g/mol. The van der Waals surface area contributed by atoms with Gasteiger partial charge in [-0.15, -0.1) is 0 Å². The fourth-order valence-corrected chi connectivity index (χ4v) is 8.04. The number of H-pyrrole nitrogens is 2. The van der Waals surface area contributed by atoms with Crippen LogP contribution in [0.3, 0.4) is 0 Å². The molecule has 8 rings (SSSR count). The second-order valence-electron chi connectivity index (χ2n) is 17.0. The van der Waals surface area contributed by atoms with E-state index in [9.17, 15) is 53.5 Å². The SMILES string of the molecule is [C-]#[N+]CC1(n2cc(-c3c(C)n[nH]c3C)cn2)CN(c2cc(F)c(C(=O)N[C@@H](C)C(F)(F)F)cc2F)C1.[C-]#[N+]CC1(n2cc(-c3cn[nH]c3)cn2)CN(c2cc(F)c(C(=O)N[C@@H](C)C(F)(F)F)cc2F)C1. The summed E-state index contributed by atoms with van der Waals surface area (Å²) in [4.78, 5) is 34.0. The highest BCUT2D eigenvalue weighted by Crippen LogP contribution is 2.39. The van der Waals surface area contributed by atoms with Crippen molar-refractivity contribution in [2.75, 3.05) is 49.1 Å². The van der Waals surface area contributed by atoms with E-state index in [2.05, 4.69) is 40.3 Å². The molecule has 26 heteroatoms. The minimum absolute atomic E-state index is 0.0356. The number of rotatable bonds is 12. The second-order valence-corrected chi connectivity index (χ2v) is 17.0. The van der Waals surface area contributed by atoms with E-state index in [-0.39, 0.29) is 50.6 Å². The van der Waals surface area contributed by atoms with Crippen LogP contribution in [0.25, 0.3) is 31.9 Å². The Morgan fingerprint density at radius 2 is 1.14 bits per heavy atom. The van der Waals surface area contributed by atoms with Crippen LogP contribution in [0, 0.1) is 50.3 Å². The molecule has 2 atom stereocenters. The van der Waals surface area contributed by atoms with Crippen LogP contribution in [0.4, 0.5) is 55.3 Å². The lowest BCUT2D eigenvalue weighted by atomic mass is 9.89. The van der Waals surface area contributed by atoms with Crippen LogP contribution in [0.2, 0.25) is 0 Å². The molecule has 2 aliphatic heterocycles. The van der Waals surface area contributed by atoms with Gasteiger partial charge in [0.15, 0.2) is 11.1 Å². The first kappa shape index (κ1) is 50.0. The molecule has 4 aromatic heterocycles. The maximum atomic E-state index is 14.8. The van der Waals surface area contributed by atoms with Gasteiger partial charge in [0.2, 0.25) is 13.1 Å². The van der Waals surface area contributed by atoms with Crippen molar-refractivity contribution in [3.8, 4) is 22.3 Å². The molecular formula is C44H40F10N14O2. The number of carbonyl (C=O) groups is 2. The van der Waals surface area contributed by atoms with Crippen molar-refractivity contribution >= 4 is 23.2 Å². The molecule has 0 saturated carbocycles. The lowest BCUT2D eigenvalue weighted by molar-refractivity contribution is -0.149. The third-order valence-electron chi connectivity index (χ3n) is 12.0. The molecule has 70 heavy (non-hydrogen) atoms. The Morgan fingerprint density at radius 3 is 1.53 bits per heavy atom. The van der Waals surface area contributed by atoms with Gasteiger partial charge in [-0.05, 0) is 39.8 Å². The minimum Gasteiger partial charge on any atom is -0.363 e. The van der Waals surface area contributed by atoms with Gasteiger partial charge < -0.3 is 30.1 Å². The van der Waals surface area contributed by atoms with Gasteiger partial charge in [0.25, 0.3) is 11.8 Å². The van der Waals surface area contributed by atoms with Crippen LogP contribution in [0.1, 0.15) is 46.0 Å². The summed E-state index contributed by atoms with van der Waals surface area (Å²) < 4.78 is 138. The van der Waals surface area contributed by atoms with Gasteiger partial charge in [-0.1, -0.05) is 0 Å². The van der Waals surface area contributed by atoms with E-state index in [4.69, 9.17) is 13.1 Å². The van der Waals surface area contributed by atoms with Crippen LogP contribution >= 0.6 is 0 Å². The van der Waals surface area contributed by atoms with Gasteiger partial charge in [-0.2, -0.15) is 46.7 Å². The number of aromatic amines is 2. The molecule has 0 unspecified atom stereocenters. The molecule has 0 bridgehead atoms. The molecule has 2 aliphatic rings. The number of benzene rings is 2. The van der Waals surface area contributed by atoms with Gasteiger partial charge in [-0.25, -0.2) is 30.7 Å². The molecule has 0 aliphatic carbocycles. The predicted molar refractivity (Wildman–Crippen MR) is 231 cm³/mol. The van der Waals surface area contributed by atoms with Crippen molar-refractivity contribution in [2.24, 2.45) is 0 Å². The van der Waals surface area contributed by atoms with Crippen molar-refractivity contribution < 1.29 is 53.5 Å². The summed E-state index contributed by atoms with van der Waals surface area (Å²) in [5.41, 5.74) is 1.30. The van der Waals surface area contributed by atoms with Crippen LogP contribution in [0.5, 0.6) is 0 Å². The Labute approximate surface area is 391 Å². The Kier molecular flexibility index (Phi) is 13.5. The average Bonchev–Trinajstić information content (AvgIpc) is 4.10. The summed E-state index contributed by atoms with van der Waals surface area (Å²) in [7, 11) is 0. The van der Waals surface area contributed by atoms with E-state index in [0.717, 1.165) is 45.8 Å². The molecule has 368 valence electrons. The number of halogens is 10. The lowest BCUT2D eigenvalue weighted by Crippen LogP contribution is -2.65. The first-order chi connectivity index (χ1) is 32.9. The Bertz CT molecular complexity index is 2970. The third kappa shape index (κ3) is 9.83. The molecule has 16 nitrogen and oxygen atoms in total. The first-order valence-corrected chi connectivity index (χ1v) is 20.9. The molecule has 0 radical (unpaired) electrons. The van der Waals surface area contributed by atoms with E-state index < -0.39 is 81.7 Å². The zero-order valence-electron chi connectivity index (χ0n) is 37.2. The normalized spacial score (nSPS) is 15.9. The van der Waals surface area contributed by atoms with Crippen molar-refractivity contribution in [2.45, 2.75) is 63.2 Å². The number of aromatic nitrogens is 8. The predicted octanol–water partition coefficient (Wildman–Crippen LogP) is 7.35. The van der Waals surface area contributed by atoms with E-state index in [1.54, 1.807) is 57.2 Å². The number of nitrogens with one attached hydrogen (secondary N) is 4. The third-order valence-corrected chi connectivity index (χ3v) is 12.0. The molecule has 0 spiro atoms. The number of alkyl halides is 6. The van der Waals surface area contributed by atoms with Crippen LogP contribution in [-0.4, -0.2) is 115 Å². The summed E-state index contributed by atoms with van der Waals surface area (Å²) in [6, 6.07) is -1.77. The maximum Gasteiger partial charge on any atom is 0.408 e. The van der Waals surface area contributed by atoms with Gasteiger partial charge in [0.1, 0.15) is 35.4 Å². The van der Waals surface area contributed by atoms with Crippen LogP contribution in [0.15, 0.2) is 61.4 Å². The van der Waals surface area contributed by atoms with Crippen molar-refractivity contribution in [1.29, 1.82) is 0 Å². The standard InChI is InChI=1S/C23H22F5N7O.C21H18F5N7O/c1-12-20(13(2)33-32-12)15-7-30-35(8-15)22(9-29-4)10-34(11-22)19-6-17(24)16(5-18(19)25)21(36)31-14(3)23(26,27)28;1-12(21(24,25)26)31-19(34)15-3-17(23)18(4-16(15)22)32-10-20(11-32,9-27-2)33-8-14(7-30-33)13-5-28-29-6-13/h5-8,14H,9-11H2,1-3H3,(H,31,36)(H,32,33);3-8,12H,9-11H2,1H3,(H,28,29)(H,31,34)/t14-;12-/m00/s1. The Hall–Kier alpha value is -7.90. The Morgan fingerprint density at radius 1 is 0.700 bits per heavy atom. The molecule has 2 fully saturated rings. The van der Waals surface area contributed by atoms with Gasteiger partial charge >= 0.3 is 12.4 Å². The highest BCUT2D eigenvalue weighted by atomic mass is 19.4. The number of nitrogens with zero attached hydrogens (tertiary/aromatic N) is 10. The fourth-order valence-electron chi connectivity index (χ4n) is 8.04. The quantitative estimate of drug-likeness (QED) is 0.0730. The molecule has 2 saturated heterocycles. The molecule has 2 aromatic carbocycles. The van der Waals surface area contributed by atoms with Crippen molar-refractivity contribution in [1.82, 2.24) is 50.6 Å². The zero-order valence-corrected chi connectivity index (χ0v) is 37.2. The van der Waals surface area contributed by atoms with Crippen molar-refractivity contribution in [3.63, 3.8) is 0 Å². The highest BCUT2D eigenvalue weighted by molar-refractivity contribution is 5.96. The van der Waals surface area contributed by atoms with Gasteiger partial charge in [0.05, 0.1) is 73.0 Å². The Balaban J connectivity index is 0.000000207. The smallest absolute Gasteiger partial charge is 0.363 e. The van der Waals surface area contributed by atoms with Crippen LogP contribution in [-0.2, 0) is 11.1 Å². The van der Waals surface area contributed by atoms with E-state index in [1.165, 1.54) is 9.80 Å². The second kappa shape index (κ2) is 18.9. The van der Waals surface area contributed by atoms with Crippen molar-refractivity contribution in [3.05, 3.63) is 130 Å². The molecule has 2 amide bonds. The maximum absolute atomic E-state index is 14.8. The zero-order chi connectivity index (χ0) is 51.1. The number of amides is 2. The largest absolute Gasteiger partial charge is 0.408 e. The molecule has 6 aromatic rings. The number of anilines is 2. The average molecular weight is 987 g/mol. The van der Waals surface area contributed by atoms with E-state index in [0.29, 0.717) is 26.0 Å². The van der Waals surface area contributed by atoms with Gasteiger partial charge in [-0.3, -0.25) is 29.2 Å². The summed E-state index contributed by atoms with van der Waals surface area (Å²) in [5.74, 6) is -7.00. The fraction of sp³-hybridized carbons (Fsp3) is 0.364. The lowest BCUT2D eigenvalue weighted by Gasteiger charge is -2.48. The van der Waals surface area contributed by atoms with E-state index >= 15 is 0 Å². The molecular weight excluding hydrogens is 947 g/mol. The van der Waals surface area contributed by atoms with Crippen LogP contribution < -0.4 is 20.4 Å². The highest BCUT2D eigenvalue weighted by Gasteiger charge is 2.51. The number of carbonyl (C=O) groups excluding carboxylic acids is 2. The van der Waals surface area contributed by atoms with Gasteiger partial charge in [0, 0.05) is 58.7 Å². The van der Waals surface area contributed by atoms with E-state index in [1.807, 2.05) is 13.8 Å².